The van der Waals surface area contributed by atoms with E-state index in [1.165, 1.54) is 12.5 Å². The number of nitrogens with zero attached hydrogens (tertiary/aromatic N) is 1. The van der Waals surface area contributed by atoms with Gasteiger partial charge in [0.25, 0.3) is 0 Å². The lowest BCUT2D eigenvalue weighted by Gasteiger charge is -2.09. The molecule has 0 aliphatic carbocycles. The summed E-state index contributed by atoms with van der Waals surface area (Å²) >= 11 is 1.64. The van der Waals surface area contributed by atoms with Crippen molar-refractivity contribution in [3.05, 3.63) is 72.3 Å². The van der Waals surface area contributed by atoms with E-state index in [9.17, 15) is 9.59 Å². The summed E-state index contributed by atoms with van der Waals surface area (Å²) in [7, 11) is 0. The van der Waals surface area contributed by atoms with Gasteiger partial charge in [0.15, 0.2) is 0 Å². The second-order valence-electron chi connectivity index (χ2n) is 6.77. The molecule has 1 aromatic heterocycles. The highest BCUT2D eigenvalue weighted by atomic mass is 32.1. The molecule has 1 heterocycles. The highest BCUT2D eigenvalue weighted by molar-refractivity contribution is 7.21. The second kappa shape index (κ2) is 8.34. The summed E-state index contributed by atoms with van der Waals surface area (Å²) < 4.78 is 6.18. The number of thiazole rings is 1. The number of amides is 2. The molecule has 0 bridgehead atoms. The monoisotopic (exact) mass is 417 g/mol. The minimum atomic E-state index is -0.417. The van der Waals surface area contributed by atoms with Crippen LogP contribution in [0.25, 0.3) is 20.8 Å². The van der Waals surface area contributed by atoms with E-state index >= 15 is 0 Å². The molecule has 7 heteroatoms. The molecule has 3 aromatic carbocycles. The van der Waals surface area contributed by atoms with Crippen molar-refractivity contribution in [2.24, 2.45) is 0 Å². The first-order chi connectivity index (χ1) is 14.5. The smallest absolute Gasteiger partial charge is 0.323 e. The van der Waals surface area contributed by atoms with Crippen LogP contribution in [0.2, 0.25) is 0 Å². The van der Waals surface area contributed by atoms with Crippen LogP contribution in [0.3, 0.4) is 0 Å². The lowest BCUT2D eigenvalue weighted by molar-refractivity contribution is -0.131. The van der Waals surface area contributed by atoms with E-state index in [1.54, 1.807) is 35.6 Å². The van der Waals surface area contributed by atoms with Crippen LogP contribution < -0.4 is 15.4 Å². The first-order valence-electron chi connectivity index (χ1n) is 9.30. The highest BCUT2D eigenvalue weighted by Crippen LogP contribution is 2.31. The Labute approximate surface area is 177 Å². The Bertz CT molecular complexity index is 1230. The summed E-state index contributed by atoms with van der Waals surface area (Å²) in [6, 6.07) is 20.0. The number of anilines is 2. The minimum Gasteiger partial charge on any atom is -0.427 e. The number of rotatable bonds is 4. The first-order valence-corrected chi connectivity index (χ1v) is 10.1. The third-order valence-corrected chi connectivity index (χ3v) is 5.35. The number of aromatic nitrogens is 1. The molecular weight excluding hydrogens is 398 g/mol. The number of esters is 1. The van der Waals surface area contributed by atoms with Crippen LogP contribution in [0.15, 0.2) is 66.7 Å². The van der Waals surface area contributed by atoms with Gasteiger partial charge in [-0.05, 0) is 61.0 Å². The Morgan fingerprint density at radius 2 is 1.70 bits per heavy atom. The molecule has 0 fully saturated rings. The van der Waals surface area contributed by atoms with Crippen molar-refractivity contribution >= 4 is 44.9 Å². The number of benzene rings is 3. The van der Waals surface area contributed by atoms with E-state index in [4.69, 9.17) is 4.74 Å². The molecule has 0 spiro atoms. The van der Waals surface area contributed by atoms with E-state index < -0.39 is 12.0 Å². The molecule has 4 rings (SSSR count). The van der Waals surface area contributed by atoms with Crippen LogP contribution in [-0.4, -0.2) is 17.0 Å². The van der Waals surface area contributed by atoms with Gasteiger partial charge in [0.2, 0.25) is 0 Å². The molecular formula is C23H19N3O3S. The lowest BCUT2D eigenvalue weighted by Crippen LogP contribution is -2.19. The maximum absolute atomic E-state index is 12.3. The number of hydrogen-bond acceptors (Lipinski definition) is 5. The van der Waals surface area contributed by atoms with Crippen LogP contribution in [0.5, 0.6) is 5.75 Å². The zero-order valence-corrected chi connectivity index (χ0v) is 17.2. The fourth-order valence-electron chi connectivity index (χ4n) is 2.95. The summed E-state index contributed by atoms with van der Waals surface area (Å²) in [5.74, 6) is -0.0457. The fourth-order valence-corrected chi connectivity index (χ4v) is 4.02. The van der Waals surface area contributed by atoms with Gasteiger partial charge in [-0.15, -0.1) is 11.3 Å². The summed E-state index contributed by atoms with van der Waals surface area (Å²) in [6.07, 6.45) is 0. The lowest BCUT2D eigenvalue weighted by atomic mass is 10.2. The van der Waals surface area contributed by atoms with Crippen LogP contribution in [0, 0.1) is 6.92 Å². The molecule has 0 aliphatic heterocycles. The SMILES string of the molecule is CC(=O)Oc1cccc(NC(=O)Nc2ccc(-c3nc4ccc(C)cc4s3)cc2)c1. The van der Waals surface area contributed by atoms with Gasteiger partial charge in [-0.25, -0.2) is 9.78 Å². The van der Waals surface area contributed by atoms with Gasteiger partial charge in [-0.1, -0.05) is 12.1 Å². The molecule has 0 atom stereocenters. The second-order valence-corrected chi connectivity index (χ2v) is 7.80. The Balaban J connectivity index is 1.42. The minimum absolute atomic E-state index is 0.371. The number of carbonyl (C=O) groups excluding carboxylic acids is 2. The van der Waals surface area contributed by atoms with E-state index in [1.807, 2.05) is 30.3 Å². The van der Waals surface area contributed by atoms with Gasteiger partial charge in [0, 0.05) is 29.9 Å². The van der Waals surface area contributed by atoms with E-state index in [0.717, 1.165) is 20.8 Å². The number of aryl methyl sites for hydroxylation is 1. The van der Waals surface area contributed by atoms with E-state index in [0.29, 0.717) is 17.1 Å². The van der Waals surface area contributed by atoms with Crippen LogP contribution in [-0.2, 0) is 4.79 Å². The van der Waals surface area contributed by atoms with Crippen LogP contribution in [0.4, 0.5) is 16.2 Å². The van der Waals surface area contributed by atoms with Crippen molar-refractivity contribution in [2.75, 3.05) is 10.6 Å². The van der Waals surface area contributed by atoms with Gasteiger partial charge in [-0.2, -0.15) is 0 Å². The number of urea groups is 1. The maximum atomic E-state index is 12.3. The molecule has 0 saturated carbocycles. The average molecular weight is 417 g/mol. The fraction of sp³-hybridized carbons (Fsp3) is 0.0870. The summed E-state index contributed by atoms with van der Waals surface area (Å²) in [6.45, 7) is 3.39. The Kier molecular flexibility index (Phi) is 5.45. The van der Waals surface area contributed by atoms with E-state index in [-0.39, 0.29) is 0 Å². The molecule has 2 N–H and O–H groups in total. The highest BCUT2D eigenvalue weighted by Gasteiger charge is 2.08. The number of ether oxygens (including phenoxy) is 1. The molecule has 0 unspecified atom stereocenters. The van der Waals surface area contributed by atoms with Crippen molar-refractivity contribution in [2.45, 2.75) is 13.8 Å². The number of nitrogens with one attached hydrogen (secondary N) is 2. The predicted octanol–water partition coefficient (Wildman–Crippen LogP) is 5.84. The van der Waals surface area contributed by atoms with Gasteiger partial charge in [0.1, 0.15) is 10.8 Å². The third kappa shape index (κ3) is 4.64. The predicted molar refractivity (Wildman–Crippen MR) is 120 cm³/mol. The number of fused-ring (bicyclic) bond motifs is 1. The Morgan fingerprint density at radius 3 is 2.47 bits per heavy atom. The number of carbonyl (C=O) groups is 2. The molecule has 0 radical (unpaired) electrons. The van der Waals surface area contributed by atoms with Crippen molar-refractivity contribution < 1.29 is 14.3 Å². The van der Waals surface area contributed by atoms with Gasteiger partial charge in [0.05, 0.1) is 10.2 Å². The largest absolute Gasteiger partial charge is 0.427 e. The molecule has 4 aromatic rings. The normalized spacial score (nSPS) is 10.6. The van der Waals surface area contributed by atoms with Gasteiger partial charge < -0.3 is 15.4 Å². The van der Waals surface area contributed by atoms with Crippen molar-refractivity contribution in [3.8, 4) is 16.3 Å². The topological polar surface area (TPSA) is 80.3 Å². The van der Waals surface area contributed by atoms with Crippen LogP contribution in [0.1, 0.15) is 12.5 Å². The summed E-state index contributed by atoms with van der Waals surface area (Å²) in [5, 5.41) is 6.45. The van der Waals surface area contributed by atoms with Gasteiger partial charge in [-0.3, -0.25) is 4.79 Å². The Morgan fingerprint density at radius 1 is 0.933 bits per heavy atom. The molecule has 2 amide bonds. The third-order valence-electron chi connectivity index (χ3n) is 4.29. The summed E-state index contributed by atoms with van der Waals surface area (Å²) in [4.78, 5) is 28.0. The maximum Gasteiger partial charge on any atom is 0.323 e. The van der Waals surface area contributed by atoms with Gasteiger partial charge >= 0.3 is 12.0 Å². The molecule has 0 aliphatic rings. The zero-order valence-electron chi connectivity index (χ0n) is 16.4. The van der Waals surface area contributed by atoms with Crippen molar-refractivity contribution in [1.29, 1.82) is 0 Å². The summed E-state index contributed by atoms with van der Waals surface area (Å²) in [5.41, 5.74) is 4.37. The van der Waals surface area contributed by atoms with Crippen molar-refractivity contribution in [1.82, 2.24) is 4.98 Å². The average Bonchev–Trinajstić information content (AvgIpc) is 3.11. The molecule has 0 saturated heterocycles. The number of hydrogen-bond donors (Lipinski definition) is 2. The zero-order chi connectivity index (χ0) is 21.1. The molecule has 30 heavy (non-hydrogen) atoms. The van der Waals surface area contributed by atoms with E-state index in [2.05, 4.69) is 34.7 Å². The van der Waals surface area contributed by atoms with Crippen molar-refractivity contribution in [3.63, 3.8) is 0 Å². The molecule has 6 nitrogen and oxygen atoms in total. The first kappa shape index (κ1) is 19.6. The quantitative estimate of drug-likeness (QED) is 0.323. The molecule has 150 valence electrons. The Hall–Kier alpha value is -3.71. The van der Waals surface area contributed by atoms with Crippen LogP contribution >= 0.6 is 11.3 Å². The standard InChI is InChI=1S/C23H19N3O3S/c1-14-6-11-20-21(12-14)30-22(26-20)16-7-9-17(10-8-16)24-23(28)25-18-4-3-5-19(13-18)29-15(2)27/h3-13H,1-2H3,(H2,24,25,28).